The molecule has 0 radical (unpaired) electrons. The van der Waals surface area contributed by atoms with Crippen molar-refractivity contribution in [1.82, 2.24) is 10.6 Å². The van der Waals surface area contributed by atoms with Crippen LogP contribution in [0.15, 0.2) is 12.2 Å². The average molecular weight is 156 g/mol. The van der Waals surface area contributed by atoms with Crippen LogP contribution in [0, 0.1) is 0 Å². The first-order chi connectivity index (χ1) is 5.16. The fourth-order valence-corrected chi connectivity index (χ4v) is 0.553. The number of carbonyl (C=O) groups is 1. The fourth-order valence-electron chi connectivity index (χ4n) is 0.553. The van der Waals surface area contributed by atoms with Gasteiger partial charge in [-0.05, 0) is 0 Å². The number of nitrogens with one attached hydrogen (secondary N) is 2. The van der Waals surface area contributed by atoms with E-state index in [0.29, 0.717) is 6.04 Å². The summed E-state index contributed by atoms with van der Waals surface area (Å²) in [5.41, 5.74) is 0. The number of carbonyl (C=O) groups excluding carboxylic acids is 1. The molecule has 0 aromatic rings. The molecule has 0 atom stereocenters. The number of hydrogen-bond acceptors (Lipinski definition) is 2. The topological polar surface area (TPSA) is 41.1 Å². The zero-order valence-electron chi connectivity index (χ0n) is 7.35. The van der Waals surface area contributed by atoms with E-state index in [1.165, 1.54) is 6.08 Å². The van der Waals surface area contributed by atoms with Crippen molar-refractivity contribution in [2.45, 2.75) is 19.9 Å². The van der Waals surface area contributed by atoms with Crippen molar-refractivity contribution >= 4 is 5.91 Å². The highest BCUT2D eigenvalue weighted by atomic mass is 16.1. The Morgan fingerprint density at radius 3 is 2.64 bits per heavy atom. The van der Waals surface area contributed by atoms with E-state index in [9.17, 15) is 4.79 Å². The second kappa shape index (κ2) is 5.92. The fraction of sp³-hybridized carbons (Fsp3) is 0.625. The predicted octanol–water partition coefficient (Wildman–Crippen LogP) is 0.287. The Morgan fingerprint density at radius 1 is 1.55 bits per heavy atom. The molecule has 11 heavy (non-hydrogen) atoms. The maximum atomic E-state index is 10.6. The van der Waals surface area contributed by atoms with Crippen molar-refractivity contribution in [2.24, 2.45) is 0 Å². The van der Waals surface area contributed by atoms with Gasteiger partial charge in [0.2, 0.25) is 5.91 Å². The summed E-state index contributed by atoms with van der Waals surface area (Å²) in [6.07, 6.45) is 3.33. The molecule has 0 aromatic carbocycles. The van der Waals surface area contributed by atoms with E-state index in [-0.39, 0.29) is 5.91 Å². The summed E-state index contributed by atoms with van der Waals surface area (Å²) >= 11 is 0. The Morgan fingerprint density at radius 2 is 2.18 bits per heavy atom. The molecule has 0 bridgehead atoms. The third-order valence-corrected chi connectivity index (χ3v) is 1.16. The van der Waals surface area contributed by atoms with Crippen molar-refractivity contribution in [3.8, 4) is 0 Å². The molecule has 64 valence electrons. The summed E-state index contributed by atoms with van der Waals surface area (Å²) in [5, 5.41) is 5.66. The van der Waals surface area contributed by atoms with Crippen LogP contribution in [0.5, 0.6) is 0 Å². The molecule has 0 aliphatic carbocycles. The van der Waals surface area contributed by atoms with Crippen LogP contribution in [0.3, 0.4) is 0 Å². The molecule has 0 aliphatic heterocycles. The van der Waals surface area contributed by atoms with E-state index in [1.807, 2.05) is 0 Å². The minimum Gasteiger partial charge on any atom is -0.356 e. The Bertz CT molecular complexity index is 141. The standard InChI is InChI=1S/C8H16N2O/c1-7(2)10-6-4-5-8(11)9-3/h4-5,7,10H,6H2,1-3H3,(H,9,11)/b5-4+. The van der Waals surface area contributed by atoms with E-state index in [0.717, 1.165) is 6.54 Å². The summed E-state index contributed by atoms with van der Waals surface area (Å²) in [5.74, 6) is -0.0597. The molecule has 3 nitrogen and oxygen atoms in total. The van der Waals surface area contributed by atoms with Crippen molar-refractivity contribution in [3.63, 3.8) is 0 Å². The van der Waals surface area contributed by atoms with Crippen LogP contribution >= 0.6 is 0 Å². The molecule has 0 rings (SSSR count). The molecule has 0 saturated heterocycles. The molecule has 0 aromatic heterocycles. The summed E-state index contributed by atoms with van der Waals surface area (Å²) in [6, 6.07) is 0.462. The molecule has 0 unspecified atom stereocenters. The normalized spacial score (nSPS) is 10.9. The summed E-state index contributed by atoms with van der Waals surface area (Å²) in [4.78, 5) is 10.6. The zero-order valence-corrected chi connectivity index (χ0v) is 7.35. The second-order valence-electron chi connectivity index (χ2n) is 2.58. The third kappa shape index (κ3) is 7.06. The highest BCUT2D eigenvalue weighted by Crippen LogP contribution is 1.76. The Hall–Kier alpha value is -0.830. The number of likely N-dealkylation sites (N-methyl/N-ethyl adjacent to an activating group) is 1. The van der Waals surface area contributed by atoms with Gasteiger partial charge in [0.05, 0.1) is 0 Å². The van der Waals surface area contributed by atoms with Crippen molar-refractivity contribution < 1.29 is 4.79 Å². The minimum absolute atomic E-state index is 0.0597. The maximum absolute atomic E-state index is 10.6. The molecule has 3 heteroatoms. The van der Waals surface area contributed by atoms with Crippen molar-refractivity contribution in [2.75, 3.05) is 13.6 Å². The SMILES string of the molecule is CNC(=O)/C=C/CNC(C)C. The van der Waals surface area contributed by atoms with Crippen LogP contribution < -0.4 is 10.6 Å². The average Bonchev–Trinajstić information content (AvgIpc) is 1.97. The number of hydrogen-bond donors (Lipinski definition) is 2. The minimum atomic E-state index is -0.0597. The van der Waals surface area contributed by atoms with E-state index >= 15 is 0 Å². The van der Waals surface area contributed by atoms with Crippen LogP contribution in [-0.4, -0.2) is 25.5 Å². The lowest BCUT2D eigenvalue weighted by molar-refractivity contribution is -0.116. The van der Waals surface area contributed by atoms with Crippen molar-refractivity contribution in [1.29, 1.82) is 0 Å². The zero-order chi connectivity index (χ0) is 8.69. The van der Waals surface area contributed by atoms with Crippen LogP contribution in [0.4, 0.5) is 0 Å². The molecule has 1 amide bonds. The van der Waals surface area contributed by atoms with E-state index in [2.05, 4.69) is 24.5 Å². The Labute approximate surface area is 67.9 Å². The van der Waals surface area contributed by atoms with Crippen LogP contribution in [-0.2, 0) is 4.79 Å². The quantitative estimate of drug-likeness (QED) is 0.574. The highest BCUT2D eigenvalue weighted by molar-refractivity contribution is 5.87. The van der Waals surface area contributed by atoms with E-state index in [1.54, 1.807) is 13.1 Å². The van der Waals surface area contributed by atoms with E-state index < -0.39 is 0 Å². The van der Waals surface area contributed by atoms with Gasteiger partial charge in [-0.15, -0.1) is 0 Å². The molecule has 0 saturated carbocycles. The largest absolute Gasteiger partial charge is 0.356 e. The van der Waals surface area contributed by atoms with Gasteiger partial charge in [0, 0.05) is 25.7 Å². The maximum Gasteiger partial charge on any atom is 0.243 e. The lowest BCUT2D eigenvalue weighted by Gasteiger charge is -2.02. The van der Waals surface area contributed by atoms with Crippen LogP contribution in [0.2, 0.25) is 0 Å². The van der Waals surface area contributed by atoms with Gasteiger partial charge < -0.3 is 10.6 Å². The first kappa shape index (κ1) is 10.2. The van der Waals surface area contributed by atoms with Crippen LogP contribution in [0.1, 0.15) is 13.8 Å². The molecule has 0 aliphatic rings. The first-order valence-corrected chi connectivity index (χ1v) is 3.78. The Balaban J connectivity index is 3.37. The van der Waals surface area contributed by atoms with E-state index in [4.69, 9.17) is 0 Å². The van der Waals surface area contributed by atoms with Gasteiger partial charge in [-0.1, -0.05) is 19.9 Å². The predicted molar refractivity (Wildman–Crippen MR) is 46.3 cm³/mol. The molecule has 0 heterocycles. The van der Waals surface area contributed by atoms with Gasteiger partial charge in [0.1, 0.15) is 0 Å². The van der Waals surface area contributed by atoms with Crippen molar-refractivity contribution in [3.05, 3.63) is 12.2 Å². The summed E-state index contributed by atoms with van der Waals surface area (Å²) in [7, 11) is 1.61. The number of amides is 1. The van der Waals surface area contributed by atoms with Gasteiger partial charge >= 0.3 is 0 Å². The van der Waals surface area contributed by atoms with Gasteiger partial charge in [0.25, 0.3) is 0 Å². The monoisotopic (exact) mass is 156 g/mol. The molecule has 0 fully saturated rings. The second-order valence-corrected chi connectivity index (χ2v) is 2.58. The van der Waals surface area contributed by atoms with Gasteiger partial charge in [-0.25, -0.2) is 0 Å². The smallest absolute Gasteiger partial charge is 0.243 e. The lowest BCUT2D eigenvalue weighted by atomic mass is 10.4. The van der Waals surface area contributed by atoms with Gasteiger partial charge in [-0.2, -0.15) is 0 Å². The van der Waals surface area contributed by atoms with Gasteiger partial charge in [0.15, 0.2) is 0 Å². The summed E-state index contributed by atoms with van der Waals surface area (Å²) < 4.78 is 0. The molecular weight excluding hydrogens is 140 g/mol. The molecule has 2 N–H and O–H groups in total. The highest BCUT2D eigenvalue weighted by Gasteiger charge is 1.88. The third-order valence-electron chi connectivity index (χ3n) is 1.16. The molecular formula is C8H16N2O. The molecule has 0 spiro atoms. The Kier molecular flexibility index (Phi) is 5.47. The lowest BCUT2D eigenvalue weighted by Crippen LogP contribution is -2.23. The first-order valence-electron chi connectivity index (χ1n) is 3.78. The summed E-state index contributed by atoms with van der Waals surface area (Å²) in [6.45, 7) is 4.87. The van der Waals surface area contributed by atoms with Crippen LogP contribution in [0.25, 0.3) is 0 Å². The van der Waals surface area contributed by atoms with Gasteiger partial charge in [-0.3, -0.25) is 4.79 Å². The number of rotatable bonds is 4.